The van der Waals surface area contributed by atoms with E-state index in [-0.39, 0.29) is 17.9 Å². The smallest absolute Gasteiger partial charge is 0.254 e. The highest BCUT2D eigenvalue weighted by Crippen LogP contribution is 2.40. The lowest BCUT2D eigenvalue weighted by Gasteiger charge is -2.40. The first kappa shape index (κ1) is 25.8. The lowest BCUT2D eigenvalue weighted by Crippen LogP contribution is -2.55. The Bertz CT molecular complexity index is 1040. The zero-order valence-corrected chi connectivity index (χ0v) is 21.2. The van der Waals surface area contributed by atoms with Gasteiger partial charge in [0.2, 0.25) is 11.5 Å². The maximum Gasteiger partial charge on any atom is 0.254 e. The minimum atomic E-state index is -0.221. The molecule has 1 atom stereocenters. The number of methoxy groups -OCH3 is 6. The quantitative estimate of drug-likeness (QED) is 0.560. The van der Waals surface area contributed by atoms with E-state index in [1.807, 2.05) is 6.92 Å². The van der Waals surface area contributed by atoms with Crippen LogP contribution in [0.4, 0.5) is 0 Å². The standard InChI is InChI=1S/C25H32N2O8/c1-15-14-26(24(28)16-10-18(30-2)22(34-6)19(11-16)31-3)8-9-27(15)25(29)17-12-20(32-4)23(35-7)21(13-17)33-5/h10-13,15H,8-9,14H2,1-7H3/t15-/m0/s1. The van der Waals surface area contributed by atoms with Crippen LogP contribution in [0.2, 0.25) is 0 Å². The van der Waals surface area contributed by atoms with Crippen molar-refractivity contribution < 1.29 is 38.0 Å². The van der Waals surface area contributed by atoms with Gasteiger partial charge in [-0.2, -0.15) is 0 Å². The Morgan fingerprint density at radius 1 is 0.657 bits per heavy atom. The average molecular weight is 489 g/mol. The van der Waals surface area contributed by atoms with Gasteiger partial charge in [-0.05, 0) is 31.2 Å². The fourth-order valence-electron chi connectivity index (χ4n) is 4.20. The molecule has 0 unspecified atom stereocenters. The van der Waals surface area contributed by atoms with Crippen LogP contribution in [0.1, 0.15) is 27.6 Å². The van der Waals surface area contributed by atoms with Crippen molar-refractivity contribution in [2.45, 2.75) is 13.0 Å². The van der Waals surface area contributed by atoms with Crippen LogP contribution in [0.25, 0.3) is 0 Å². The number of piperazine rings is 1. The monoisotopic (exact) mass is 488 g/mol. The average Bonchev–Trinajstić information content (AvgIpc) is 2.90. The summed E-state index contributed by atoms with van der Waals surface area (Å²) < 4.78 is 32.2. The topological polar surface area (TPSA) is 96.0 Å². The third kappa shape index (κ3) is 5.01. The van der Waals surface area contributed by atoms with Crippen molar-refractivity contribution in [1.82, 2.24) is 9.80 Å². The molecule has 1 fully saturated rings. The Balaban J connectivity index is 1.80. The third-order valence-electron chi connectivity index (χ3n) is 6.00. The van der Waals surface area contributed by atoms with Gasteiger partial charge >= 0.3 is 0 Å². The van der Waals surface area contributed by atoms with E-state index < -0.39 is 0 Å². The number of nitrogens with zero attached hydrogens (tertiary/aromatic N) is 2. The van der Waals surface area contributed by atoms with Gasteiger partial charge in [0.05, 0.1) is 42.7 Å². The first-order chi connectivity index (χ1) is 16.8. The molecule has 1 saturated heterocycles. The maximum absolute atomic E-state index is 13.4. The first-order valence-corrected chi connectivity index (χ1v) is 11.0. The largest absolute Gasteiger partial charge is 0.493 e. The molecular formula is C25H32N2O8. The minimum Gasteiger partial charge on any atom is -0.493 e. The lowest BCUT2D eigenvalue weighted by atomic mass is 10.1. The van der Waals surface area contributed by atoms with Gasteiger partial charge in [-0.15, -0.1) is 0 Å². The molecule has 1 aliphatic heterocycles. The summed E-state index contributed by atoms with van der Waals surface area (Å²) in [5, 5.41) is 0. The number of ether oxygens (including phenoxy) is 6. The van der Waals surface area contributed by atoms with E-state index >= 15 is 0 Å². The van der Waals surface area contributed by atoms with Crippen molar-refractivity contribution in [2.75, 3.05) is 62.3 Å². The number of hydrogen-bond donors (Lipinski definition) is 0. The third-order valence-corrected chi connectivity index (χ3v) is 6.00. The van der Waals surface area contributed by atoms with Crippen molar-refractivity contribution in [1.29, 1.82) is 0 Å². The Labute approximate surface area is 205 Å². The van der Waals surface area contributed by atoms with E-state index in [0.29, 0.717) is 65.3 Å². The van der Waals surface area contributed by atoms with Gasteiger partial charge < -0.3 is 38.2 Å². The summed E-state index contributed by atoms with van der Waals surface area (Å²) >= 11 is 0. The highest BCUT2D eigenvalue weighted by atomic mass is 16.5. The number of rotatable bonds is 8. The van der Waals surface area contributed by atoms with E-state index in [4.69, 9.17) is 28.4 Å². The Morgan fingerprint density at radius 2 is 1.06 bits per heavy atom. The van der Waals surface area contributed by atoms with Crippen LogP contribution in [0.3, 0.4) is 0 Å². The molecule has 0 spiro atoms. The zero-order chi connectivity index (χ0) is 25.7. The van der Waals surface area contributed by atoms with Crippen LogP contribution in [0.15, 0.2) is 24.3 Å². The molecular weight excluding hydrogens is 456 g/mol. The Morgan fingerprint density at radius 3 is 1.40 bits per heavy atom. The molecule has 10 nitrogen and oxygen atoms in total. The van der Waals surface area contributed by atoms with Crippen molar-refractivity contribution >= 4 is 11.8 Å². The van der Waals surface area contributed by atoms with E-state index in [0.717, 1.165) is 0 Å². The molecule has 2 aromatic rings. The number of amides is 2. The molecule has 0 aliphatic carbocycles. The number of carbonyl (C=O) groups is 2. The van der Waals surface area contributed by atoms with Gasteiger partial charge in [0.25, 0.3) is 11.8 Å². The highest BCUT2D eigenvalue weighted by molar-refractivity contribution is 5.97. The summed E-state index contributed by atoms with van der Waals surface area (Å²) in [6.07, 6.45) is 0. The summed E-state index contributed by atoms with van der Waals surface area (Å²) in [5.41, 5.74) is 0.826. The molecule has 2 aromatic carbocycles. The lowest BCUT2D eigenvalue weighted by molar-refractivity contribution is 0.0413. The number of benzene rings is 2. The van der Waals surface area contributed by atoms with Crippen molar-refractivity contribution in [3.05, 3.63) is 35.4 Å². The minimum absolute atomic E-state index is 0.184. The van der Waals surface area contributed by atoms with Crippen LogP contribution in [-0.2, 0) is 0 Å². The second kappa shape index (κ2) is 11.1. The van der Waals surface area contributed by atoms with Gasteiger partial charge in [0, 0.05) is 36.8 Å². The van der Waals surface area contributed by atoms with Crippen LogP contribution in [0, 0.1) is 0 Å². The summed E-state index contributed by atoms with van der Waals surface area (Å²) in [6, 6.07) is 6.29. The SMILES string of the molecule is COc1cc(C(=O)N2CCN(C(=O)c3cc(OC)c(OC)c(OC)c3)[C@@H](C)C2)cc(OC)c1OC. The van der Waals surface area contributed by atoms with Crippen LogP contribution >= 0.6 is 0 Å². The molecule has 10 heteroatoms. The summed E-state index contributed by atoms with van der Waals surface area (Å²) in [5.74, 6) is 2.07. The van der Waals surface area contributed by atoms with Crippen molar-refractivity contribution in [3.8, 4) is 34.5 Å². The molecule has 1 heterocycles. The van der Waals surface area contributed by atoms with Crippen LogP contribution in [0.5, 0.6) is 34.5 Å². The Hall–Kier alpha value is -3.82. The predicted molar refractivity (Wildman–Crippen MR) is 129 cm³/mol. The molecule has 1 aliphatic rings. The molecule has 0 radical (unpaired) electrons. The number of hydrogen-bond acceptors (Lipinski definition) is 8. The molecule has 35 heavy (non-hydrogen) atoms. The fourth-order valence-corrected chi connectivity index (χ4v) is 4.20. The molecule has 2 amide bonds. The van der Waals surface area contributed by atoms with Crippen molar-refractivity contribution in [2.24, 2.45) is 0 Å². The highest BCUT2D eigenvalue weighted by Gasteiger charge is 2.32. The second-order valence-electron chi connectivity index (χ2n) is 7.93. The fraction of sp³-hybridized carbons (Fsp3) is 0.440. The van der Waals surface area contributed by atoms with Gasteiger partial charge in [-0.1, -0.05) is 0 Å². The summed E-state index contributed by atoms with van der Waals surface area (Å²) in [7, 11) is 9.02. The predicted octanol–water partition coefficient (Wildman–Crippen LogP) is 2.72. The van der Waals surface area contributed by atoms with E-state index in [9.17, 15) is 9.59 Å². The molecule has 0 aromatic heterocycles. The molecule has 190 valence electrons. The number of carbonyl (C=O) groups excluding carboxylic acids is 2. The van der Waals surface area contributed by atoms with E-state index in [1.54, 1.807) is 34.1 Å². The molecule has 0 bridgehead atoms. The van der Waals surface area contributed by atoms with E-state index in [2.05, 4.69) is 0 Å². The second-order valence-corrected chi connectivity index (χ2v) is 7.93. The zero-order valence-electron chi connectivity index (χ0n) is 21.2. The summed E-state index contributed by atoms with van der Waals surface area (Å²) in [4.78, 5) is 30.1. The van der Waals surface area contributed by atoms with Gasteiger partial charge in [0.1, 0.15) is 0 Å². The molecule has 0 N–H and O–H groups in total. The Kier molecular flexibility index (Phi) is 8.16. The summed E-state index contributed by atoms with van der Waals surface area (Å²) in [6.45, 7) is 3.01. The van der Waals surface area contributed by atoms with Gasteiger partial charge in [0.15, 0.2) is 23.0 Å². The maximum atomic E-state index is 13.4. The molecule has 3 rings (SSSR count). The van der Waals surface area contributed by atoms with Crippen LogP contribution < -0.4 is 28.4 Å². The van der Waals surface area contributed by atoms with Crippen LogP contribution in [-0.4, -0.2) is 89.9 Å². The van der Waals surface area contributed by atoms with Gasteiger partial charge in [-0.25, -0.2) is 0 Å². The van der Waals surface area contributed by atoms with Crippen molar-refractivity contribution in [3.63, 3.8) is 0 Å². The normalized spacial score (nSPS) is 15.3. The first-order valence-electron chi connectivity index (χ1n) is 11.0. The van der Waals surface area contributed by atoms with Gasteiger partial charge in [-0.3, -0.25) is 9.59 Å². The van der Waals surface area contributed by atoms with E-state index in [1.165, 1.54) is 42.7 Å². The molecule has 0 saturated carbocycles.